The second kappa shape index (κ2) is 9.23. The Hall–Kier alpha value is -3.41. The molecule has 5 rings (SSSR count). The van der Waals surface area contributed by atoms with Gasteiger partial charge >= 0.3 is 10.9 Å². The fourth-order valence-corrected chi connectivity index (χ4v) is 7.38. The van der Waals surface area contributed by atoms with Crippen molar-refractivity contribution in [2.75, 3.05) is 5.32 Å². The molecule has 2 aromatic carbocycles. The Kier molecular flexibility index (Phi) is 6.23. The van der Waals surface area contributed by atoms with Crippen LogP contribution in [0.5, 0.6) is 0 Å². The van der Waals surface area contributed by atoms with E-state index < -0.39 is 45.7 Å². The topological polar surface area (TPSA) is 132 Å². The molecule has 0 bridgehead atoms. The number of hydrogen-bond donors (Lipinski definition) is 2. The van der Waals surface area contributed by atoms with Crippen molar-refractivity contribution >= 4 is 64.1 Å². The Balaban J connectivity index is 1.55. The molecule has 1 aromatic heterocycles. The molecule has 0 radical (unpaired) electrons. The molecule has 36 heavy (non-hydrogen) atoms. The lowest BCUT2D eigenvalue weighted by atomic mass is 9.83. The molecule has 2 unspecified atom stereocenters. The zero-order valence-corrected chi connectivity index (χ0v) is 21.2. The minimum absolute atomic E-state index is 0.280. The maximum Gasteiger partial charge on any atom is 0.328 e. The second-order valence-corrected chi connectivity index (χ2v) is 11.0. The van der Waals surface area contributed by atoms with Crippen molar-refractivity contribution in [3.8, 4) is 0 Å². The quantitative estimate of drug-likeness (QED) is 0.487. The Bertz CT molecular complexity index is 1470. The van der Waals surface area contributed by atoms with Gasteiger partial charge in [-0.15, -0.1) is 0 Å². The lowest BCUT2D eigenvalue weighted by Gasteiger charge is -2.30. The van der Waals surface area contributed by atoms with Gasteiger partial charge in [0.2, 0.25) is 11.8 Å². The van der Waals surface area contributed by atoms with Crippen molar-refractivity contribution < 1.29 is 19.2 Å². The van der Waals surface area contributed by atoms with Crippen LogP contribution in [0.4, 0.5) is 10.5 Å². The summed E-state index contributed by atoms with van der Waals surface area (Å²) in [7, 11) is 0. The molecule has 3 N–H and O–H groups in total. The number of aryl methyl sites for hydroxylation is 1. The molecule has 3 heterocycles. The number of thioether (sulfide) groups is 1. The van der Waals surface area contributed by atoms with E-state index in [-0.39, 0.29) is 6.54 Å². The minimum Gasteiger partial charge on any atom is -0.351 e. The van der Waals surface area contributed by atoms with E-state index in [1.54, 1.807) is 36.4 Å². The van der Waals surface area contributed by atoms with E-state index in [0.29, 0.717) is 31.1 Å². The van der Waals surface area contributed by atoms with Gasteiger partial charge in [-0.1, -0.05) is 64.5 Å². The van der Waals surface area contributed by atoms with E-state index in [1.807, 2.05) is 19.1 Å². The molecule has 9 nitrogen and oxygen atoms in total. The summed E-state index contributed by atoms with van der Waals surface area (Å²) < 4.78 is 1.30. The fraction of sp³-hybridized carbons (Fsp3) is 0.208. The van der Waals surface area contributed by atoms with Gasteiger partial charge in [-0.3, -0.25) is 23.7 Å². The number of fused-ring (bicyclic) bond motifs is 2. The number of nitrogens with zero attached hydrogens (tertiary/aromatic N) is 2. The maximum absolute atomic E-state index is 13.2. The van der Waals surface area contributed by atoms with Gasteiger partial charge in [-0.05, 0) is 36.8 Å². The van der Waals surface area contributed by atoms with Crippen molar-refractivity contribution in [2.45, 2.75) is 29.7 Å². The van der Waals surface area contributed by atoms with Crippen LogP contribution in [0.15, 0.2) is 58.4 Å². The predicted molar refractivity (Wildman–Crippen MR) is 136 cm³/mol. The van der Waals surface area contributed by atoms with Gasteiger partial charge in [0.15, 0.2) is 0 Å². The summed E-state index contributed by atoms with van der Waals surface area (Å²) in [6.45, 7) is 1.65. The number of nitrogens with two attached hydrogens (primary N) is 1. The molecule has 12 heteroatoms. The largest absolute Gasteiger partial charge is 0.351 e. The van der Waals surface area contributed by atoms with Gasteiger partial charge in [-0.2, -0.15) is 4.90 Å². The molecule has 0 aliphatic carbocycles. The number of urea groups is 1. The highest BCUT2D eigenvalue weighted by Crippen LogP contribution is 2.53. The number of aromatic nitrogens is 1. The monoisotopic (exact) mass is 542 g/mol. The third-order valence-corrected chi connectivity index (χ3v) is 8.99. The molecule has 2 aliphatic rings. The molecule has 0 spiro atoms. The number of benzene rings is 2. The molecule has 1 saturated heterocycles. The molecule has 3 aromatic rings. The summed E-state index contributed by atoms with van der Waals surface area (Å²) in [5.74, 6) is -3.48. The fourth-order valence-electron chi connectivity index (χ4n) is 4.48. The van der Waals surface area contributed by atoms with Crippen LogP contribution in [0.3, 0.4) is 0 Å². The highest BCUT2D eigenvalue weighted by atomic mass is 35.5. The first kappa shape index (κ1) is 24.3. The van der Waals surface area contributed by atoms with Crippen molar-refractivity contribution in [1.29, 1.82) is 0 Å². The number of primary amides is 1. The number of rotatable bonds is 4. The van der Waals surface area contributed by atoms with Crippen LogP contribution >= 0.6 is 34.7 Å². The highest BCUT2D eigenvalue weighted by molar-refractivity contribution is 8.00. The Morgan fingerprint density at radius 2 is 1.69 bits per heavy atom. The van der Waals surface area contributed by atoms with Gasteiger partial charge in [0, 0.05) is 21.5 Å². The number of nitrogens with one attached hydrogen (secondary N) is 1. The molecule has 1 fully saturated rings. The van der Waals surface area contributed by atoms with Crippen molar-refractivity contribution in [2.24, 2.45) is 11.7 Å². The number of likely N-dealkylation sites (tertiary alicyclic amines) is 1. The van der Waals surface area contributed by atoms with E-state index in [1.165, 1.54) is 4.57 Å². The number of thiazole rings is 1. The Labute approximate surface area is 218 Å². The average molecular weight is 543 g/mol. The van der Waals surface area contributed by atoms with Crippen LogP contribution < -0.4 is 15.9 Å². The number of hydrogen-bond acceptors (Lipinski definition) is 7. The van der Waals surface area contributed by atoms with Crippen LogP contribution in [-0.4, -0.2) is 38.5 Å². The summed E-state index contributed by atoms with van der Waals surface area (Å²) >= 11 is 7.97. The zero-order valence-electron chi connectivity index (χ0n) is 18.8. The summed E-state index contributed by atoms with van der Waals surface area (Å²) in [6.07, 6.45) is 0. The first-order valence-electron chi connectivity index (χ1n) is 10.8. The molecule has 2 aliphatic heterocycles. The van der Waals surface area contributed by atoms with Crippen LogP contribution in [-0.2, 0) is 20.9 Å². The average Bonchev–Trinajstić information content (AvgIpc) is 3.27. The standard InChI is InChI=1S/C24H19ClN4O5S2/c1-11-2-8-14(9-3-11)27-15(30)10-28-22-19(36-24(28)34)16(12-4-6-13(25)7-5-12)17-18(35-22)21(32)29(20(17)31)23(26)33/h2-9,16-18H,10H2,1H3,(H2,26,33)(H,27,30)/t16-,17?,18?/m0/s1. The van der Waals surface area contributed by atoms with Gasteiger partial charge in [0.1, 0.15) is 11.8 Å². The van der Waals surface area contributed by atoms with Crippen LogP contribution in [0, 0.1) is 12.8 Å². The molecule has 3 atom stereocenters. The number of halogens is 1. The third kappa shape index (κ3) is 4.12. The molecular weight excluding hydrogens is 524 g/mol. The highest BCUT2D eigenvalue weighted by Gasteiger charge is 2.57. The first-order valence-corrected chi connectivity index (χ1v) is 12.9. The van der Waals surface area contributed by atoms with Gasteiger partial charge < -0.3 is 11.1 Å². The van der Waals surface area contributed by atoms with E-state index in [4.69, 9.17) is 17.3 Å². The van der Waals surface area contributed by atoms with Crippen molar-refractivity contribution in [3.63, 3.8) is 0 Å². The van der Waals surface area contributed by atoms with Crippen LogP contribution in [0.25, 0.3) is 0 Å². The normalized spacial score (nSPS) is 20.7. The second-order valence-electron chi connectivity index (χ2n) is 8.48. The molecule has 5 amide bonds. The zero-order chi connectivity index (χ0) is 25.7. The number of carbonyl (C=O) groups is 4. The van der Waals surface area contributed by atoms with Crippen LogP contribution in [0.1, 0.15) is 21.9 Å². The summed E-state index contributed by atoms with van der Waals surface area (Å²) in [6, 6.07) is 12.8. The van der Waals surface area contributed by atoms with E-state index in [0.717, 1.165) is 28.7 Å². The summed E-state index contributed by atoms with van der Waals surface area (Å²) in [4.78, 5) is 64.6. The van der Waals surface area contributed by atoms with Gasteiger partial charge in [-0.25, -0.2) is 4.79 Å². The molecule has 184 valence electrons. The lowest BCUT2D eigenvalue weighted by Crippen LogP contribution is -2.41. The number of carbonyl (C=O) groups excluding carboxylic acids is 4. The van der Waals surface area contributed by atoms with E-state index in [9.17, 15) is 24.0 Å². The first-order chi connectivity index (χ1) is 17.2. The maximum atomic E-state index is 13.2. The Morgan fingerprint density at radius 3 is 2.33 bits per heavy atom. The van der Waals surface area contributed by atoms with E-state index >= 15 is 0 Å². The Morgan fingerprint density at radius 1 is 1.03 bits per heavy atom. The number of anilines is 1. The number of imide groups is 3. The molecule has 0 saturated carbocycles. The minimum atomic E-state index is -1.15. The summed E-state index contributed by atoms with van der Waals surface area (Å²) in [5, 5.41) is 2.69. The number of amides is 5. The molecular formula is C24H19ClN4O5S2. The SMILES string of the molecule is Cc1ccc(NC(=O)Cn2c3c(sc2=O)[C@@H](c2ccc(Cl)cc2)C2C(=O)N(C(N)=O)C(=O)C2S3)cc1. The van der Waals surface area contributed by atoms with E-state index in [2.05, 4.69) is 5.32 Å². The summed E-state index contributed by atoms with van der Waals surface area (Å²) in [5.41, 5.74) is 7.61. The third-order valence-electron chi connectivity index (χ3n) is 6.14. The smallest absolute Gasteiger partial charge is 0.328 e. The van der Waals surface area contributed by atoms with Crippen LogP contribution in [0.2, 0.25) is 5.02 Å². The lowest BCUT2D eigenvalue weighted by molar-refractivity contribution is -0.135. The van der Waals surface area contributed by atoms with Gasteiger partial charge in [0.05, 0.1) is 10.9 Å². The van der Waals surface area contributed by atoms with Gasteiger partial charge in [0.25, 0.3) is 5.91 Å². The van der Waals surface area contributed by atoms with Crippen molar-refractivity contribution in [3.05, 3.63) is 79.2 Å². The van der Waals surface area contributed by atoms with Crippen molar-refractivity contribution in [1.82, 2.24) is 9.47 Å². The predicted octanol–water partition coefficient (Wildman–Crippen LogP) is 3.18.